The fourth-order valence-corrected chi connectivity index (χ4v) is 3.32. The second-order valence-corrected chi connectivity index (χ2v) is 7.23. The van der Waals surface area contributed by atoms with Gasteiger partial charge in [-0.15, -0.1) is 0 Å². The molecule has 1 saturated carbocycles. The van der Waals surface area contributed by atoms with Crippen LogP contribution in [0.25, 0.3) is 0 Å². The summed E-state index contributed by atoms with van der Waals surface area (Å²) in [4.78, 5) is 24.1. The Morgan fingerprint density at radius 1 is 1.15 bits per heavy atom. The zero-order valence-electron chi connectivity index (χ0n) is 14.4. The number of carbonyl (C=O) groups excluding carboxylic acids is 2. The minimum atomic E-state index is -1.41. The summed E-state index contributed by atoms with van der Waals surface area (Å²) in [6, 6.07) is 14.5. The van der Waals surface area contributed by atoms with Gasteiger partial charge in [0.1, 0.15) is 6.61 Å². The molecule has 2 aromatic rings. The quantitative estimate of drug-likeness (QED) is 0.690. The molecule has 2 N–H and O–H groups in total. The first-order chi connectivity index (χ1) is 13.0. The highest BCUT2D eigenvalue weighted by Gasteiger charge is 2.45. The molecule has 3 atom stereocenters. The number of hydrogen-bond acceptors (Lipinski definition) is 4. The van der Waals surface area contributed by atoms with Crippen LogP contribution in [0.1, 0.15) is 23.5 Å². The van der Waals surface area contributed by atoms with Crippen LogP contribution in [0.5, 0.6) is 0 Å². The molecule has 142 valence electrons. The van der Waals surface area contributed by atoms with Crippen molar-refractivity contribution < 1.29 is 19.4 Å². The minimum Gasteiger partial charge on any atom is -0.459 e. The van der Waals surface area contributed by atoms with E-state index in [-0.39, 0.29) is 30.9 Å². The van der Waals surface area contributed by atoms with Crippen molar-refractivity contribution >= 4 is 35.1 Å². The molecular weight excluding hydrogens is 389 g/mol. The first-order valence-electron chi connectivity index (χ1n) is 8.57. The average molecular weight is 408 g/mol. The Labute approximate surface area is 167 Å². The summed E-state index contributed by atoms with van der Waals surface area (Å²) < 4.78 is 5.05. The predicted molar refractivity (Wildman–Crippen MR) is 103 cm³/mol. The molecule has 0 radical (unpaired) electrons. The maximum atomic E-state index is 12.2. The lowest BCUT2D eigenvalue weighted by Crippen LogP contribution is -2.38. The van der Waals surface area contributed by atoms with E-state index in [9.17, 15) is 14.7 Å². The van der Waals surface area contributed by atoms with E-state index in [1.165, 1.54) is 0 Å². The van der Waals surface area contributed by atoms with E-state index in [4.69, 9.17) is 27.9 Å². The third kappa shape index (κ3) is 5.01. The van der Waals surface area contributed by atoms with Crippen molar-refractivity contribution in [3.63, 3.8) is 0 Å². The summed E-state index contributed by atoms with van der Waals surface area (Å²) in [6.07, 6.45) is -0.759. The Bertz CT molecular complexity index is 828. The monoisotopic (exact) mass is 407 g/mol. The van der Waals surface area contributed by atoms with Gasteiger partial charge in [0.05, 0.1) is 16.6 Å². The highest BCUT2D eigenvalue weighted by Crippen LogP contribution is 2.50. The van der Waals surface area contributed by atoms with Gasteiger partial charge in [0.15, 0.2) is 6.10 Å². The van der Waals surface area contributed by atoms with Gasteiger partial charge in [0, 0.05) is 5.92 Å². The normalized spacial score (nSPS) is 19.2. The van der Waals surface area contributed by atoms with E-state index in [0.29, 0.717) is 16.5 Å². The van der Waals surface area contributed by atoms with E-state index >= 15 is 0 Å². The summed E-state index contributed by atoms with van der Waals surface area (Å²) in [5.74, 6) is -1.25. The molecule has 0 unspecified atom stereocenters. The molecule has 0 heterocycles. The van der Waals surface area contributed by atoms with Gasteiger partial charge >= 0.3 is 5.97 Å². The largest absolute Gasteiger partial charge is 0.459 e. The molecule has 0 bridgehead atoms. The first kappa shape index (κ1) is 19.7. The fourth-order valence-electron chi connectivity index (χ4n) is 2.87. The van der Waals surface area contributed by atoms with E-state index in [0.717, 1.165) is 11.1 Å². The van der Waals surface area contributed by atoms with Gasteiger partial charge in [-0.25, -0.2) is 4.79 Å². The maximum absolute atomic E-state index is 12.2. The lowest BCUT2D eigenvalue weighted by Gasteiger charge is -2.12. The van der Waals surface area contributed by atoms with Crippen LogP contribution in [-0.2, 0) is 20.9 Å². The van der Waals surface area contributed by atoms with Crippen LogP contribution in [0.15, 0.2) is 48.5 Å². The number of aliphatic hydroxyl groups excluding tert-OH is 1. The van der Waals surface area contributed by atoms with Crippen molar-refractivity contribution in [3.8, 4) is 0 Å². The maximum Gasteiger partial charge on any atom is 0.337 e. The van der Waals surface area contributed by atoms with Crippen molar-refractivity contribution in [2.45, 2.75) is 25.0 Å². The summed E-state index contributed by atoms with van der Waals surface area (Å²) in [6.45, 7) is -0.123. The number of ether oxygens (including phenoxy) is 1. The first-order valence-corrected chi connectivity index (χ1v) is 9.33. The number of rotatable bonds is 7. The smallest absolute Gasteiger partial charge is 0.337 e. The predicted octanol–water partition coefficient (Wildman–Crippen LogP) is 3.32. The number of aliphatic hydroxyl groups is 1. The van der Waals surface area contributed by atoms with E-state index in [1.54, 1.807) is 12.1 Å². The van der Waals surface area contributed by atoms with Gasteiger partial charge in [0.25, 0.3) is 0 Å². The van der Waals surface area contributed by atoms with Crippen LogP contribution in [-0.4, -0.2) is 29.6 Å². The molecule has 7 heteroatoms. The number of nitrogens with one attached hydrogen (secondary N) is 1. The molecule has 1 aliphatic rings. The molecule has 27 heavy (non-hydrogen) atoms. The molecule has 1 aliphatic carbocycles. The van der Waals surface area contributed by atoms with Crippen molar-refractivity contribution in [1.29, 1.82) is 0 Å². The standard InChI is InChI=1S/C20H19Cl2NO4/c21-16-8-4-7-13(18(16)22)14-9-15(14)19(25)23-10-17(24)20(26)27-11-12-5-2-1-3-6-12/h1-8,14-15,17,24H,9-11H2,(H,23,25)/t14-,15+,17+/m0/s1. The fraction of sp³-hybridized carbons (Fsp3) is 0.300. The Balaban J connectivity index is 1.44. The van der Waals surface area contributed by atoms with Crippen molar-refractivity contribution in [2.24, 2.45) is 5.92 Å². The number of halogens is 2. The van der Waals surface area contributed by atoms with Crippen LogP contribution in [0.3, 0.4) is 0 Å². The highest BCUT2D eigenvalue weighted by atomic mass is 35.5. The minimum absolute atomic E-state index is 0.00150. The van der Waals surface area contributed by atoms with Gasteiger partial charge in [-0.2, -0.15) is 0 Å². The number of hydrogen-bond donors (Lipinski definition) is 2. The van der Waals surface area contributed by atoms with Crippen LogP contribution >= 0.6 is 23.2 Å². The topological polar surface area (TPSA) is 75.6 Å². The second kappa shape index (κ2) is 8.74. The lowest BCUT2D eigenvalue weighted by molar-refractivity contribution is -0.154. The number of amides is 1. The van der Waals surface area contributed by atoms with E-state index in [2.05, 4.69) is 5.32 Å². The molecule has 0 aliphatic heterocycles. The molecule has 1 fully saturated rings. The number of esters is 1. The summed E-state index contributed by atoms with van der Waals surface area (Å²) in [7, 11) is 0. The number of benzene rings is 2. The molecule has 1 amide bonds. The summed E-state index contributed by atoms with van der Waals surface area (Å²) in [5.41, 5.74) is 1.66. The zero-order chi connectivity index (χ0) is 19.4. The molecule has 0 spiro atoms. The Morgan fingerprint density at radius 2 is 1.89 bits per heavy atom. The average Bonchev–Trinajstić information content (AvgIpc) is 3.47. The van der Waals surface area contributed by atoms with E-state index < -0.39 is 12.1 Å². The lowest BCUT2D eigenvalue weighted by atomic mass is 10.1. The molecule has 0 saturated heterocycles. The third-order valence-corrected chi connectivity index (χ3v) is 5.31. The van der Waals surface area contributed by atoms with Gasteiger partial charge in [0.2, 0.25) is 5.91 Å². The Hall–Kier alpha value is -2.08. The van der Waals surface area contributed by atoms with Crippen LogP contribution < -0.4 is 5.32 Å². The molecule has 0 aromatic heterocycles. The Morgan fingerprint density at radius 3 is 2.63 bits per heavy atom. The van der Waals surface area contributed by atoms with Gasteiger partial charge < -0.3 is 15.2 Å². The van der Waals surface area contributed by atoms with E-state index in [1.807, 2.05) is 36.4 Å². The van der Waals surface area contributed by atoms with Crippen LogP contribution in [0.4, 0.5) is 0 Å². The summed E-state index contributed by atoms with van der Waals surface area (Å²) in [5, 5.41) is 13.4. The molecule has 2 aromatic carbocycles. The molecule has 3 rings (SSSR count). The highest BCUT2D eigenvalue weighted by molar-refractivity contribution is 6.42. The SMILES string of the molecule is O=C(OCc1ccccc1)[C@H](O)CNC(=O)[C@@H]1C[C@H]1c1cccc(Cl)c1Cl. The van der Waals surface area contributed by atoms with Gasteiger partial charge in [-0.1, -0.05) is 65.7 Å². The second-order valence-electron chi connectivity index (χ2n) is 6.45. The third-order valence-electron chi connectivity index (χ3n) is 4.47. The van der Waals surface area contributed by atoms with Crippen LogP contribution in [0.2, 0.25) is 10.0 Å². The molecular formula is C20H19Cl2NO4. The Kier molecular flexibility index (Phi) is 6.37. The van der Waals surface area contributed by atoms with Crippen LogP contribution in [0, 0.1) is 5.92 Å². The van der Waals surface area contributed by atoms with Crippen molar-refractivity contribution in [1.82, 2.24) is 5.32 Å². The number of carbonyl (C=O) groups is 2. The molecule has 5 nitrogen and oxygen atoms in total. The summed E-state index contributed by atoms with van der Waals surface area (Å²) >= 11 is 12.2. The zero-order valence-corrected chi connectivity index (χ0v) is 15.9. The van der Waals surface area contributed by atoms with Gasteiger partial charge in [-0.3, -0.25) is 4.79 Å². The van der Waals surface area contributed by atoms with Gasteiger partial charge in [-0.05, 0) is 29.5 Å². The van der Waals surface area contributed by atoms with Crippen molar-refractivity contribution in [3.05, 3.63) is 69.7 Å². The van der Waals surface area contributed by atoms with Crippen molar-refractivity contribution in [2.75, 3.05) is 6.54 Å².